The molecule has 1 N–H and O–H groups in total. The van der Waals surface area contributed by atoms with Gasteiger partial charge in [0.2, 0.25) is 0 Å². The fourth-order valence-corrected chi connectivity index (χ4v) is 1.99. The summed E-state index contributed by atoms with van der Waals surface area (Å²) in [6.07, 6.45) is 0.356. The van der Waals surface area contributed by atoms with Crippen LogP contribution in [0.3, 0.4) is 0 Å². The zero-order chi connectivity index (χ0) is 15.3. The summed E-state index contributed by atoms with van der Waals surface area (Å²) in [6, 6.07) is 8.51. The van der Waals surface area contributed by atoms with Gasteiger partial charge in [-0.3, -0.25) is 0 Å². The molecular weight excluding hydrogens is 246 g/mol. The van der Waals surface area contributed by atoms with Crippen molar-refractivity contribution in [3.05, 3.63) is 35.4 Å². The van der Waals surface area contributed by atoms with E-state index < -0.39 is 0 Å². The molecule has 0 aromatic heterocycles. The van der Waals surface area contributed by atoms with E-state index in [2.05, 4.69) is 78.0 Å². The molecule has 20 heavy (non-hydrogen) atoms. The van der Waals surface area contributed by atoms with Gasteiger partial charge in [-0.25, -0.2) is 0 Å². The predicted octanol–water partition coefficient (Wildman–Crippen LogP) is 4.49. The summed E-state index contributed by atoms with van der Waals surface area (Å²) >= 11 is 0. The van der Waals surface area contributed by atoms with Crippen LogP contribution in [-0.4, -0.2) is 18.2 Å². The van der Waals surface area contributed by atoms with Crippen LogP contribution in [0, 0.1) is 12.8 Å². The second kappa shape index (κ2) is 7.24. The highest BCUT2D eigenvalue weighted by Gasteiger charge is 2.21. The molecule has 0 bridgehead atoms. The molecule has 0 amide bonds. The molecule has 0 saturated heterocycles. The molecule has 2 nitrogen and oxygen atoms in total. The van der Waals surface area contributed by atoms with E-state index in [1.807, 2.05) is 0 Å². The smallest absolute Gasteiger partial charge is 0.0955 e. The lowest BCUT2D eigenvalue weighted by molar-refractivity contribution is -0.0285. The van der Waals surface area contributed by atoms with Crippen molar-refractivity contribution >= 4 is 0 Å². The third-order valence-electron chi connectivity index (χ3n) is 3.67. The van der Waals surface area contributed by atoms with Crippen LogP contribution in [0.15, 0.2) is 24.3 Å². The van der Waals surface area contributed by atoms with Crippen molar-refractivity contribution in [2.24, 2.45) is 5.92 Å². The number of nitrogens with one attached hydrogen (secondary N) is 1. The van der Waals surface area contributed by atoms with Crippen LogP contribution in [0.4, 0.5) is 0 Å². The SMILES string of the molecule is Cc1ccccc1C(CNC(C)(C)C)OC(C)C(C)C. The Labute approximate surface area is 124 Å². The van der Waals surface area contributed by atoms with E-state index in [1.54, 1.807) is 0 Å². The maximum absolute atomic E-state index is 6.31. The maximum atomic E-state index is 6.31. The molecule has 1 aromatic rings. The average molecular weight is 277 g/mol. The van der Waals surface area contributed by atoms with Gasteiger partial charge in [0, 0.05) is 12.1 Å². The van der Waals surface area contributed by atoms with Gasteiger partial charge in [0.1, 0.15) is 0 Å². The summed E-state index contributed by atoms with van der Waals surface area (Å²) in [7, 11) is 0. The Morgan fingerprint density at radius 3 is 2.20 bits per heavy atom. The number of rotatable bonds is 6. The lowest BCUT2D eigenvalue weighted by atomic mass is 10.0. The fourth-order valence-electron chi connectivity index (χ4n) is 1.99. The maximum Gasteiger partial charge on any atom is 0.0955 e. The molecule has 0 fully saturated rings. The summed E-state index contributed by atoms with van der Waals surface area (Å²) in [5.41, 5.74) is 2.69. The molecule has 0 spiro atoms. The molecule has 0 heterocycles. The zero-order valence-corrected chi connectivity index (χ0v) is 14.2. The number of ether oxygens (including phenoxy) is 1. The van der Waals surface area contributed by atoms with Gasteiger partial charge in [-0.05, 0) is 51.7 Å². The van der Waals surface area contributed by atoms with Crippen molar-refractivity contribution in [2.45, 2.75) is 66.2 Å². The third-order valence-corrected chi connectivity index (χ3v) is 3.67. The largest absolute Gasteiger partial charge is 0.369 e. The molecule has 2 unspecified atom stereocenters. The lowest BCUT2D eigenvalue weighted by Gasteiger charge is -2.30. The van der Waals surface area contributed by atoms with Crippen molar-refractivity contribution in [3.8, 4) is 0 Å². The van der Waals surface area contributed by atoms with E-state index in [0.717, 1.165) is 6.54 Å². The van der Waals surface area contributed by atoms with Gasteiger partial charge >= 0.3 is 0 Å². The van der Waals surface area contributed by atoms with Gasteiger partial charge < -0.3 is 10.1 Å². The van der Waals surface area contributed by atoms with Crippen LogP contribution in [-0.2, 0) is 4.74 Å². The molecule has 0 saturated carbocycles. The Balaban J connectivity index is 2.87. The molecule has 1 rings (SSSR count). The standard InChI is InChI=1S/C18H31NO/c1-13(2)15(4)20-17(12-19-18(5,6)7)16-11-9-8-10-14(16)3/h8-11,13,15,17,19H,12H2,1-7H3. The van der Waals surface area contributed by atoms with Crippen LogP contribution < -0.4 is 5.32 Å². The van der Waals surface area contributed by atoms with E-state index in [9.17, 15) is 0 Å². The quantitative estimate of drug-likeness (QED) is 0.827. The minimum Gasteiger partial charge on any atom is -0.369 e. The van der Waals surface area contributed by atoms with Crippen LogP contribution in [0.25, 0.3) is 0 Å². The Hall–Kier alpha value is -0.860. The van der Waals surface area contributed by atoms with E-state index in [0.29, 0.717) is 5.92 Å². The van der Waals surface area contributed by atoms with Crippen molar-refractivity contribution in [3.63, 3.8) is 0 Å². The molecule has 0 aliphatic rings. The molecule has 1 aromatic carbocycles. The van der Waals surface area contributed by atoms with Crippen LogP contribution in [0.5, 0.6) is 0 Å². The highest BCUT2D eigenvalue weighted by Crippen LogP contribution is 2.24. The van der Waals surface area contributed by atoms with Gasteiger partial charge in [0.25, 0.3) is 0 Å². The molecule has 114 valence electrons. The average Bonchev–Trinajstić information content (AvgIpc) is 2.34. The van der Waals surface area contributed by atoms with Crippen LogP contribution in [0.2, 0.25) is 0 Å². The van der Waals surface area contributed by atoms with E-state index >= 15 is 0 Å². The van der Waals surface area contributed by atoms with Gasteiger partial charge in [-0.2, -0.15) is 0 Å². The third kappa shape index (κ3) is 5.64. The van der Waals surface area contributed by atoms with Crippen molar-refractivity contribution in [2.75, 3.05) is 6.54 Å². The highest BCUT2D eigenvalue weighted by atomic mass is 16.5. The predicted molar refractivity (Wildman–Crippen MR) is 87.1 cm³/mol. The summed E-state index contributed by atoms with van der Waals surface area (Å²) < 4.78 is 6.31. The second-order valence-corrected chi connectivity index (χ2v) is 7.06. The molecule has 0 radical (unpaired) electrons. The first-order valence-corrected chi connectivity index (χ1v) is 7.66. The minimum absolute atomic E-state index is 0.103. The number of hydrogen-bond acceptors (Lipinski definition) is 2. The molecule has 0 aliphatic heterocycles. The number of aryl methyl sites for hydroxylation is 1. The van der Waals surface area contributed by atoms with E-state index in [-0.39, 0.29) is 17.7 Å². The molecule has 2 heteroatoms. The summed E-state index contributed by atoms with van der Waals surface area (Å²) in [5, 5.41) is 3.57. The molecule has 0 aliphatic carbocycles. The van der Waals surface area contributed by atoms with Gasteiger partial charge in [-0.1, -0.05) is 38.1 Å². The van der Waals surface area contributed by atoms with Crippen LogP contribution in [0.1, 0.15) is 58.8 Å². The van der Waals surface area contributed by atoms with Crippen molar-refractivity contribution < 1.29 is 4.74 Å². The first kappa shape index (κ1) is 17.2. The molecular formula is C18H31NO. The Kier molecular flexibility index (Phi) is 6.22. The van der Waals surface area contributed by atoms with E-state index in [1.165, 1.54) is 11.1 Å². The van der Waals surface area contributed by atoms with Gasteiger partial charge in [0.05, 0.1) is 12.2 Å². The number of hydrogen-bond donors (Lipinski definition) is 1. The fraction of sp³-hybridized carbons (Fsp3) is 0.667. The normalized spacial score (nSPS) is 15.4. The lowest BCUT2D eigenvalue weighted by Crippen LogP contribution is -2.40. The van der Waals surface area contributed by atoms with Crippen molar-refractivity contribution in [1.82, 2.24) is 5.32 Å². The summed E-state index contributed by atoms with van der Waals surface area (Å²) in [6.45, 7) is 16.1. The van der Waals surface area contributed by atoms with Crippen molar-refractivity contribution in [1.29, 1.82) is 0 Å². The number of benzene rings is 1. The monoisotopic (exact) mass is 277 g/mol. The Morgan fingerprint density at radius 1 is 1.10 bits per heavy atom. The second-order valence-electron chi connectivity index (χ2n) is 7.06. The first-order valence-electron chi connectivity index (χ1n) is 7.66. The highest BCUT2D eigenvalue weighted by molar-refractivity contribution is 5.28. The topological polar surface area (TPSA) is 21.3 Å². The first-order chi connectivity index (χ1) is 9.20. The minimum atomic E-state index is 0.103. The van der Waals surface area contributed by atoms with Gasteiger partial charge in [0.15, 0.2) is 0 Å². The molecule has 2 atom stereocenters. The summed E-state index contributed by atoms with van der Waals surface area (Å²) in [5.74, 6) is 0.524. The Morgan fingerprint density at radius 2 is 1.70 bits per heavy atom. The summed E-state index contributed by atoms with van der Waals surface area (Å²) in [4.78, 5) is 0. The van der Waals surface area contributed by atoms with E-state index in [4.69, 9.17) is 4.74 Å². The zero-order valence-electron chi connectivity index (χ0n) is 14.2. The van der Waals surface area contributed by atoms with Gasteiger partial charge in [-0.15, -0.1) is 0 Å². The Bertz CT molecular complexity index is 406. The van der Waals surface area contributed by atoms with Crippen LogP contribution >= 0.6 is 0 Å².